The first-order valence-electron chi connectivity index (χ1n) is 5.11. The molecule has 2 rings (SSSR count). The van der Waals surface area contributed by atoms with Crippen molar-refractivity contribution < 1.29 is 0 Å². The fourth-order valence-corrected chi connectivity index (χ4v) is 1.39. The molecule has 1 atom stereocenters. The lowest BCUT2D eigenvalue weighted by atomic mass is 10.2. The molecule has 7 nitrogen and oxygen atoms in total. The van der Waals surface area contributed by atoms with Gasteiger partial charge >= 0.3 is 0 Å². The second-order valence-corrected chi connectivity index (χ2v) is 3.68. The summed E-state index contributed by atoms with van der Waals surface area (Å²) in [6.45, 7) is 2.63. The predicted octanol–water partition coefficient (Wildman–Crippen LogP) is -0.265. The monoisotopic (exact) mass is 221 g/mol. The van der Waals surface area contributed by atoms with Crippen LogP contribution in [0.1, 0.15) is 24.4 Å². The first-order valence-corrected chi connectivity index (χ1v) is 5.11. The molecule has 0 aromatic carbocycles. The lowest BCUT2D eigenvalue weighted by Gasteiger charge is -2.05. The highest BCUT2D eigenvalue weighted by Crippen LogP contribution is 2.09. The van der Waals surface area contributed by atoms with Gasteiger partial charge in [-0.25, -0.2) is 0 Å². The molecule has 0 spiro atoms. The van der Waals surface area contributed by atoms with Gasteiger partial charge in [-0.3, -0.25) is 4.68 Å². The Morgan fingerprint density at radius 2 is 2.31 bits per heavy atom. The van der Waals surface area contributed by atoms with Crippen LogP contribution in [-0.2, 0) is 13.6 Å². The number of aryl methyl sites for hydroxylation is 1. The lowest BCUT2D eigenvalue weighted by molar-refractivity contribution is 0.616. The standard InChI is InChI=1S/C9H15N7/c1-7(10-2)8-4-11-16(5-8)6-9-12-14-15(3)13-9/h4-5,7,10H,6H2,1-3H3. The van der Waals surface area contributed by atoms with Gasteiger partial charge in [-0.1, -0.05) is 0 Å². The Balaban J connectivity index is 2.08. The highest BCUT2D eigenvalue weighted by Gasteiger charge is 2.07. The molecule has 1 N–H and O–H groups in total. The third kappa shape index (κ3) is 2.25. The first kappa shape index (κ1) is 10.7. The van der Waals surface area contributed by atoms with Gasteiger partial charge in [-0.15, -0.1) is 10.2 Å². The van der Waals surface area contributed by atoms with Crippen molar-refractivity contribution in [3.8, 4) is 0 Å². The maximum absolute atomic E-state index is 4.25. The fourth-order valence-electron chi connectivity index (χ4n) is 1.39. The van der Waals surface area contributed by atoms with Crippen molar-refractivity contribution >= 4 is 0 Å². The van der Waals surface area contributed by atoms with Gasteiger partial charge in [0.25, 0.3) is 0 Å². The van der Waals surface area contributed by atoms with Crippen LogP contribution in [0.15, 0.2) is 12.4 Å². The third-order valence-electron chi connectivity index (χ3n) is 2.44. The Bertz CT molecular complexity index is 458. The maximum atomic E-state index is 4.25. The number of nitrogens with one attached hydrogen (secondary N) is 1. The van der Waals surface area contributed by atoms with Crippen LogP contribution in [0.5, 0.6) is 0 Å². The molecule has 0 saturated carbocycles. The molecule has 7 heteroatoms. The predicted molar refractivity (Wildman–Crippen MR) is 57.6 cm³/mol. The van der Waals surface area contributed by atoms with Crippen molar-refractivity contribution in [2.24, 2.45) is 7.05 Å². The van der Waals surface area contributed by atoms with E-state index in [-0.39, 0.29) is 0 Å². The molecule has 1 unspecified atom stereocenters. The zero-order chi connectivity index (χ0) is 11.5. The minimum atomic E-state index is 0.295. The number of tetrazole rings is 1. The van der Waals surface area contributed by atoms with E-state index in [2.05, 4.69) is 32.7 Å². The van der Waals surface area contributed by atoms with Crippen LogP contribution in [0, 0.1) is 0 Å². The van der Waals surface area contributed by atoms with Crippen molar-refractivity contribution in [1.29, 1.82) is 0 Å². The molecule has 16 heavy (non-hydrogen) atoms. The lowest BCUT2D eigenvalue weighted by Crippen LogP contribution is -2.11. The van der Waals surface area contributed by atoms with E-state index in [0.29, 0.717) is 18.4 Å². The molecule has 0 saturated heterocycles. The van der Waals surface area contributed by atoms with E-state index >= 15 is 0 Å². The van der Waals surface area contributed by atoms with Crippen LogP contribution in [0.25, 0.3) is 0 Å². The fraction of sp³-hybridized carbons (Fsp3) is 0.556. The Kier molecular flexibility index (Phi) is 2.95. The minimum absolute atomic E-state index is 0.295. The van der Waals surface area contributed by atoms with Crippen molar-refractivity contribution in [3.05, 3.63) is 23.8 Å². The number of rotatable bonds is 4. The van der Waals surface area contributed by atoms with Crippen molar-refractivity contribution in [2.45, 2.75) is 19.5 Å². The summed E-state index contributed by atoms with van der Waals surface area (Å²) in [5.74, 6) is 0.661. The van der Waals surface area contributed by atoms with Crippen LogP contribution in [0.2, 0.25) is 0 Å². The molecule has 2 heterocycles. The Labute approximate surface area is 93.5 Å². The van der Waals surface area contributed by atoms with E-state index in [0.717, 1.165) is 5.56 Å². The van der Waals surface area contributed by atoms with Crippen molar-refractivity contribution in [2.75, 3.05) is 7.05 Å². The number of nitrogens with zero attached hydrogens (tertiary/aromatic N) is 6. The molecule has 2 aromatic heterocycles. The van der Waals surface area contributed by atoms with E-state index in [9.17, 15) is 0 Å². The quantitative estimate of drug-likeness (QED) is 0.769. The van der Waals surface area contributed by atoms with Gasteiger partial charge in [-0.05, 0) is 19.2 Å². The van der Waals surface area contributed by atoms with Gasteiger partial charge in [-0.2, -0.15) is 9.90 Å². The zero-order valence-electron chi connectivity index (χ0n) is 9.62. The van der Waals surface area contributed by atoms with Crippen LogP contribution < -0.4 is 5.32 Å². The van der Waals surface area contributed by atoms with Crippen LogP contribution >= 0.6 is 0 Å². The molecule has 0 fully saturated rings. The Morgan fingerprint density at radius 1 is 1.50 bits per heavy atom. The minimum Gasteiger partial charge on any atom is -0.313 e. The molecule has 0 aliphatic heterocycles. The number of hydrogen-bond donors (Lipinski definition) is 1. The van der Waals surface area contributed by atoms with Crippen LogP contribution in [-0.4, -0.2) is 37.0 Å². The van der Waals surface area contributed by atoms with E-state index in [1.54, 1.807) is 11.7 Å². The second kappa shape index (κ2) is 4.40. The van der Waals surface area contributed by atoms with Gasteiger partial charge in [0.15, 0.2) is 5.82 Å². The van der Waals surface area contributed by atoms with Gasteiger partial charge in [0, 0.05) is 17.8 Å². The van der Waals surface area contributed by atoms with Gasteiger partial charge < -0.3 is 5.32 Å². The molecule has 86 valence electrons. The Hall–Kier alpha value is -1.76. The molecule has 0 aliphatic rings. The third-order valence-corrected chi connectivity index (χ3v) is 2.44. The van der Waals surface area contributed by atoms with E-state index in [1.165, 1.54) is 4.80 Å². The van der Waals surface area contributed by atoms with Gasteiger partial charge in [0.2, 0.25) is 0 Å². The summed E-state index contributed by atoms with van der Waals surface area (Å²) in [5, 5.41) is 19.2. The summed E-state index contributed by atoms with van der Waals surface area (Å²) in [6.07, 6.45) is 3.83. The molecule has 0 bridgehead atoms. The molecule has 2 aromatic rings. The molecule has 0 aliphatic carbocycles. The van der Waals surface area contributed by atoms with Gasteiger partial charge in [0.1, 0.15) is 6.54 Å². The highest BCUT2D eigenvalue weighted by molar-refractivity contribution is 5.09. The first-order chi connectivity index (χ1) is 7.69. The van der Waals surface area contributed by atoms with Crippen LogP contribution in [0.4, 0.5) is 0 Å². The maximum Gasteiger partial charge on any atom is 0.196 e. The van der Waals surface area contributed by atoms with Crippen LogP contribution in [0.3, 0.4) is 0 Å². The summed E-state index contributed by atoms with van der Waals surface area (Å²) in [5.41, 5.74) is 1.14. The average Bonchev–Trinajstić information content (AvgIpc) is 2.87. The largest absolute Gasteiger partial charge is 0.313 e. The number of hydrogen-bond acceptors (Lipinski definition) is 5. The SMILES string of the molecule is CNC(C)c1cnn(Cc2nnn(C)n2)c1. The summed E-state index contributed by atoms with van der Waals surface area (Å²) in [4.78, 5) is 1.44. The molecular formula is C9H15N7. The normalized spacial score (nSPS) is 12.9. The molecule has 0 amide bonds. The molecular weight excluding hydrogens is 206 g/mol. The van der Waals surface area contributed by atoms with Crippen molar-refractivity contribution in [1.82, 2.24) is 35.3 Å². The van der Waals surface area contributed by atoms with Crippen molar-refractivity contribution in [3.63, 3.8) is 0 Å². The molecule has 0 radical (unpaired) electrons. The number of aromatic nitrogens is 6. The van der Waals surface area contributed by atoms with E-state index in [1.807, 2.05) is 19.4 Å². The zero-order valence-corrected chi connectivity index (χ0v) is 9.62. The summed E-state index contributed by atoms with van der Waals surface area (Å²) in [6, 6.07) is 0.295. The van der Waals surface area contributed by atoms with E-state index < -0.39 is 0 Å². The smallest absolute Gasteiger partial charge is 0.196 e. The average molecular weight is 221 g/mol. The second-order valence-electron chi connectivity index (χ2n) is 3.68. The summed E-state index contributed by atoms with van der Waals surface area (Å²) >= 11 is 0. The van der Waals surface area contributed by atoms with E-state index in [4.69, 9.17) is 0 Å². The van der Waals surface area contributed by atoms with Gasteiger partial charge in [0.05, 0.1) is 13.2 Å². The summed E-state index contributed by atoms with van der Waals surface area (Å²) in [7, 11) is 3.67. The highest BCUT2D eigenvalue weighted by atomic mass is 15.6. The Morgan fingerprint density at radius 3 is 2.94 bits per heavy atom. The topological polar surface area (TPSA) is 73.5 Å². The summed E-state index contributed by atoms with van der Waals surface area (Å²) < 4.78 is 1.81.